The van der Waals surface area contributed by atoms with Crippen LogP contribution in [0.25, 0.3) is 5.65 Å². The summed E-state index contributed by atoms with van der Waals surface area (Å²) in [4.78, 5) is 46.4. The predicted octanol–water partition coefficient (Wildman–Crippen LogP) is 6.72. The average molecular weight is 809 g/mol. The topological polar surface area (TPSA) is 125 Å². The van der Waals surface area contributed by atoms with E-state index in [1.54, 1.807) is 26.4 Å². The maximum Gasteiger partial charge on any atom is 0.310 e. The first-order valence-corrected chi connectivity index (χ1v) is 19.4. The van der Waals surface area contributed by atoms with Crippen molar-refractivity contribution < 1.29 is 33.3 Å². The van der Waals surface area contributed by atoms with Gasteiger partial charge in [0.2, 0.25) is 5.91 Å². The molecule has 0 N–H and O–H groups in total. The van der Waals surface area contributed by atoms with Gasteiger partial charge in [-0.2, -0.15) is 0 Å². The van der Waals surface area contributed by atoms with Gasteiger partial charge < -0.3 is 28.7 Å². The molecule has 2 aliphatic heterocycles. The molecule has 13 heteroatoms. The summed E-state index contributed by atoms with van der Waals surface area (Å²) in [6, 6.07) is 22.0. The van der Waals surface area contributed by atoms with E-state index in [0.29, 0.717) is 72.2 Å². The summed E-state index contributed by atoms with van der Waals surface area (Å²) in [7, 11) is 3.14. The maximum absolute atomic E-state index is 15.0. The highest BCUT2D eigenvalue weighted by Gasteiger charge is 2.44. The second-order valence-corrected chi connectivity index (χ2v) is 15.0. The van der Waals surface area contributed by atoms with Crippen molar-refractivity contribution in [3.05, 3.63) is 117 Å². The van der Waals surface area contributed by atoms with Crippen LogP contribution in [0, 0.1) is 11.8 Å². The summed E-state index contributed by atoms with van der Waals surface area (Å²) in [6.07, 6.45) is 5.23. The first-order valence-electron chi connectivity index (χ1n) is 18.6. The first-order chi connectivity index (χ1) is 26.8. The van der Waals surface area contributed by atoms with Crippen LogP contribution in [0.15, 0.2) is 83.5 Å². The van der Waals surface area contributed by atoms with Gasteiger partial charge in [-0.25, -0.2) is 0 Å². The minimum atomic E-state index is -0.607. The van der Waals surface area contributed by atoms with Gasteiger partial charge in [-0.15, -0.1) is 10.2 Å². The Morgan fingerprint density at radius 1 is 0.891 bits per heavy atom. The summed E-state index contributed by atoms with van der Waals surface area (Å²) in [6.45, 7) is 1.27. The van der Waals surface area contributed by atoms with Gasteiger partial charge in [-0.1, -0.05) is 53.0 Å². The molecule has 2 amide bonds. The minimum absolute atomic E-state index is 0.0107. The molecule has 2 aromatic heterocycles. The first kappa shape index (κ1) is 36.5. The van der Waals surface area contributed by atoms with E-state index in [4.69, 9.17) is 18.9 Å². The lowest BCUT2D eigenvalue weighted by molar-refractivity contribution is -0.159. The van der Waals surface area contributed by atoms with Crippen molar-refractivity contribution in [1.29, 1.82) is 0 Å². The van der Waals surface area contributed by atoms with E-state index in [1.807, 2.05) is 81.1 Å². The molecule has 3 aromatic carbocycles. The zero-order valence-corrected chi connectivity index (χ0v) is 32.4. The molecule has 5 aromatic rings. The largest absolute Gasteiger partial charge is 0.497 e. The maximum atomic E-state index is 15.0. The van der Waals surface area contributed by atoms with E-state index in [9.17, 15) is 9.59 Å². The lowest BCUT2D eigenvalue weighted by Gasteiger charge is -2.43. The highest BCUT2D eigenvalue weighted by molar-refractivity contribution is 9.10. The summed E-state index contributed by atoms with van der Waals surface area (Å²) in [5, 5.41) is 8.64. The number of aromatic nitrogens is 3. The van der Waals surface area contributed by atoms with E-state index in [2.05, 4.69) is 26.1 Å². The van der Waals surface area contributed by atoms with Crippen LogP contribution in [0.2, 0.25) is 0 Å². The Morgan fingerprint density at radius 2 is 1.71 bits per heavy atom. The van der Waals surface area contributed by atoms with Crippen molar-refractivity contribution in [3.63, 3.8) is 0 Å². The average Bonchev–Trinajstić information content (AvgIpc) is 3.79. The molecular weight excluding hydrogens is 766 g/mol. The number of fused-ring (bicyclic) bond motifs is 3. The quantitative estimate of drug-likeness (QED) is 0.134. The van der Waals surface area contributed by atoms with Crippen LogP contribution in [0.5, 0.6) is 17.2 Å². The molecule has 0 unspecified atom stereocenters. The fourth-order valence-electron chi connectivity index (χ4n) is 8.31. The van der Waals surface area contributed by atoms with Crippen LogP contribution in [0.1, 0.15) is 70.2 Å². The number of methoxy groups -OCH3 is 2. The van der Waals surface area contributed by atoms with Crippen molar-refractivity contribution in [1.82, 2.24) is 24.4 Å². The molecule has 3 aliphatic rings. The predicted molar refractivity (Wildman–Crippen MR) is 206 cm³/mol. The van der Waals surface area contributed by atoms with Crippen molar-refractivity contribution in [2.45, 2.75) is 57.9 Å². The van der Waals surface area contributed by atoms with Crippen molar-refractivity contribution >= 4 is 39.4 Å². The number of hydrogen-bond donors (Lipinski definition) is 0. The molecule has 0 bridgehead atoms. The summed E-state index contributed by atoms with van der Waals surface area (Å²) < 4.78 is 26.1. The zero-order chi connectivity index (χ0) is 38.1. The minimum Gasteiger partial charge on any atom is -0.497 e. The van der Waals surface area contributed by atoms with Crippen molar-refractivity contribution in [2.75, 3.05) is 27.3 Å². The molecule has 1 aliphatic carbocycles. The number of hydrogen-bond acceptors (Lipinski definition) is 9. The van der Waals surface area contributed by atoms with Gasteiger partial charge in [0.25, 0.3) is 5.91 Å². The highest BCUT2D eigenvalue weighted by atomic mass is 79.9. The Balaban J connectivity index is 1.10. The highest BCUT2D eigenvalue weighted by Crippen LogP contribution is 2.44. The Labute approximate surface area is 327 Å². The smallest absolute Gasteiger partial charge is 0.310 e. The molecule has 1 fully saturated rings. The third kappa shape index (κ3) is 7.13. The SMILES string of the molecule is COc1ccc(COC(=O)[C@H]2CCCC[C@H]2C(=O)N2CCc3c(Br)ccc(OCc4nnc5ccccn45)c3[C@H]2CN2Cc3ccccc3C2=O)c(OC)c1. The number of nitrogens with zero attached hydrogens (tertiary/aromatic N) is 5. The molecule has 0 spiro atoms. The molecule has 55 heavy (non-hydrogen) atoms. The Hall–Kier alpha value is -5.43. The Morgan fingerprint density at radius 3 is 2.53 bits per heavy atom. The van der Waals surface area contributed by atoms with Crippen LogP contribution in [-0.4, -0.2) is 69.5 Å². The van der Waals surface area contributed by atoms with Crippen LogP contribution in [0.4, 0.5) is 0 Å². The van der Waals surface area contributed by atoms with Gasteiger partial charge in [0, 0.05) is 53.1 Å². The van der Waals surface area contributed by atoms with E-state index >= 15 is 4.79 Å². The molecule has 8 rings (SSSR count). The van der Waals surface area contributed by atoms with Gasteiger partial charge >= 0.3 is 5.97 Å². The molecule has 284 valence electrons. The molecule has 3 atom stereocenters. The number of amides is 2. The normalized spacial score (nSPS) is 19.2. The van der Waals surface area contributed by atoms with Crippen LogP contribution < -0.4 is 14.2 Å². The number of ether oxygens (including phenoxy) is 4. The van der Waals surface area contributed by atoms with E-state index in [0.717, 1.165) is 34.0 Å². The van der Waals surface area contributed by atoms with Gasteiger partial charge in [0.1, 0.15) is 30.5 Å². The number of carbonyl (C=O) groups excluding carboxylic acids is 3. The number of halogens is 1. The van der Waals surface area contributed by atoms with Crippen molar-refractivity contribution in [2.24, 2.45) is 11.8 Å². The third-order valence-electron chi connectivity index (χ3n) is 11.1. The molecule has 12 nitrogen and oxygen atoms in total. The fourth-order valence-corrected chi connectivity index (χ4v) is 8.85. The molecule has 1 saturated carbocycles. The monoisotopic (exact) mass is 807 g/mol. The number of carbonyl (C=O) groups is 3. The van der Waals surface area contributed by atoms with Gasteiger partial charge in [-0.05, 0) is 72.9 Å². The molecule has 4 heterocycles. The lowest BCUT2D eigenvalue weighted by Crippen LogP contribution is -2.50. The van der Waals surface area contributed by atoms with Crippen LogP contribution in [-0.2, 0) is 40.5 Å². The number of pyridine rings is 1. The van der Waals surface area contributed by atoms with E-state index in [1.165, 1.54) is 0 Å². The number of rotatable bonds is 11. The lowest BCUT2D eigenvalue weighted by atomic mass is 9.77. The van der Waals surface area contributed by atoms with Gasteiger partial charge in [-0.3, -0.25) is 18.8 Å². The molecule has 0 saturated heterocycles. The van der Waals surface area contributed by atoms with Crippen molar-refractivity contribution in [3.8, 4) is 17.2 Å². The van der Waals surface area contributed by atoms with Crippen LogP contribution in [0.3, 0.4) is 0 Å². The third-order valence-corrected chi connectivity index (χ3v) is 11.9. The Bertz CT molecular complexity index is 2260. The number of esters is 1. The molecule has 0 radical (unpaired) electrons. The van der Waals surface area contributed by atoms with Gasteiger partial charge in [0.05, 0.1) is 32.1 Å². The molecular formula is C42H42BrN5O7. The van der Waals surface area contributed by atoms with Gasteiger partial charge in [0.15, 0.2) is 11.5 Å². The fraction of sp³-hybridized carbons (Fsp3) is 0.357. The second-order valence-electron chi connectivity index (χ2n) is 14.2. The summed E-state index contributed by atoms with van der Waals surface area (Å²) in [5.74, 6) is 0.654. The van der Waals surface area contributed by atoms with Crippen LogP contribution >= 0.6 is 15.9 Å². The van der Waals surface area contributed by atoms with E-state index in [-0.39, 0.29) is 31.6 Å². The second kappa shape index (κ2) is 15.7. The summed E-state index contributed by atoms with van der Waals surface area (Å²) in [5.41, 5.74) is 4.91. The zero-order valence-electron chi connectivity index (χ0n) is 30.8. The summed E-state index contributed by atoms with van der Waals surface area (Å²) >= 11 is 3.79. The number of benzene rings is 3. The standard InChI is InChI=1S/C42H42BrN5O7/c1-52-28-15-14-27(36(21-28)53-2)24-55-42(51)31-12-6-5-11-30(31)41(50)47-20-18-32-33(43)16-17-35(54-25-38-45-44-37-13-7-8-19-48(37)38)39(32)34(47)23-46-22-26-9-3-4-10-29(26)40(46)49/h3-4,7-10,13-17,19,21,30-31,34H,5-6,11-12,18,20,22-25H2,1-2H3/t30-,31+,34-/m1/s1. The van der Waals surface area contributed by atoms with E-state index < -0.39 is 23.8 Å². The Kier molecular flexibility index (Phi) is 10.5.